The van der Waals surface area contributed by atoms with Gasteiger partial charge in [-0.1, -0.05) is 36.7 Å². The Balaban J connectivity index is 2.38. The molecule has 1 heterocycles. The molecule has 19 heavy (non-hydrogen) atoms. The minimum absolute atomic E-state index is 0.301. The lowest BCUT2D eigenvalue weighted by molar-refractivity contribution is -0.137. The molecule has 0 aliphatic rings. The number of hydrogen-bond donors (Lipinski definition) is 0. The summed E-state index contributed by atoms with van der Waals surface area (Å²) in [6.07, 6.45) is -1.93. The highest BCUT2D eigenvalue weighted by Crippen LogP contribution is 2.32. The normalized spacial score (nSPS) is 13.5. The Morgan fingerprint density at radius 3 is 2.53 bits per heavy atom. The zero-order chi connectivity index (χ0) is 14.0. The van der Waals surface area contributed by atoms with Crippen LogP contribution in [0, 0.1) is 0 Å². The van der Waals surface area contributed by atoms with Crippen LogP contribution in [0.5, 0.6) is 0 Å². The highest BCUT2D eigenvalue weighted by molar-refractivity contribution is 6.31. The van der Waals surface area contributed by atoms with E-state index in [-0.39, 0.29) is 6.04 Å². The summed E-state index contributed by atoms with van der Waals surface area (Å²) < 4.78 is 39.0. The van der Waals surface area contributed by atoms with E-state index in [0.717, 1.165) is 18.0 Å². The van der Waals surface area contributed by atoms with Crippen LogP contribution in [-0.2, 0) is 6.18 Å². The van der Waals surface area contributed by atoms with Crippen LogP contribution in [0.4, 0.5) is 13.2 Å². The van der Waals surface area contributed by atoms with E-state index in [0.29, 0.717) is 11.4 Å². The lowest BCUT2D eigenvalue weighted by atomic mass is 10.0. The van der Waals surface area contributed by atoms with Gasteiger partial charge in [0.25, 0.3) is 0 Å². The van der Waals surface area contributed by atoms with Gasteiger partial charge in [-0.25, -0.2) is 0 Å². The second kappa shape index (κ2) is 5.25. The van der Waals surface area contributed by atoms with Crippen LogP contribution < -0.4 is 0 Å². The van der Waals surface area contributed by atoms with E-state index in [1.807, 2.05) is 6.92 Å². The molecule has 1 aromatic heterocycles. The zero-order valence-electron chi connectivity index (χ0n) is 10.2. The number of aromatic nitrogens is 2. The minimum atomic E-state index is -4.38. The van der Waals surface area contributed by atoms with E-state index in [4.69, 9.17) is 11.6 Å². The molecule has 0 N–H and O–H groups in total. The molecule has 2 aromatic rings. The van der Waals surface area contributed by atoms with Crippen molar-refractivity contribution >= 4 is 11.6 Å². The molecule has 0 saturated carbocycles. The van der Waals surface area contributed by atoms with E-state index in [1.165, 1.54) is 4.68 Å². The van der Waals surface area contributed by atoms with Gasteiger partial charge in [0.05, 0.1) is 17.8 Å². The molecule has 6 heteroatoms. The Morgan fingerprint density at radius 1 is 1.32 bits per heavy atom. The van der Waals surface area contributed by atoms with Gasteiger partial charge >= 0.3 is 6.18 Å². The summed E-state index contributed by atoms with van der Waals surface area (Å²) in [6.45, 7) is 1.88. The summed E-state index contributed by atoms with van der Waals surface area (Å²) in [4.78, 5) is 0. The predicted molar refractivity (Wildman–Crippen MR) is 67.1 cm³/mol. The molecule has 0 aliphatic carbocycles. The van der Waals surface area contributed by atoms with E-state index < -0.39 is 11.7 Å². The summed E-state index contributed by atoms with van der Waals surface area (Å²) in [5.74, 6) is 0. The molecule has 0 radical (unpaired) electrons. The number of hydrogen-bond acceptors (Lipinski definition) is 1. The molecule has 1 aromatic carbocycles. The van der Waals surface area contributed by atoms with Gasteiger partial charge in [-0.3, -0.25) is 4.68 Å². The summed E-state index contributed by atoms with van der Waals surface area (Å²) in [7, 11) is 0. The third kappa shape index (κ3) is 2.92. The van der Waals surface area contributed by atoms with Gasteiger partial charge in [0.2, 0.25) is 0 Å². The predicted octanol–water partition coefficient (Wildman–Crippen LogP) is 4.55. The largest absolute Gasteiger partial charge is 0.419 e. The van der Waals surface area contributed by atoms with Crippen LogP contribution >= 0.6 is 11.6 Å². The minimum Gasteiger partial charge on any atom is -0.265 e. The molecule has 0 unspecified atom stereocenters. The number of alkyl halides is 3. The Hall–Kier alpha value is -1.49. The zero-order valence-corrected chi connectivity index (χ0v) is 10.9. The first-order chi connectivity index (χ1) is 8.93. The summed E-state index contributed by atoms with van der Waals surface area (Å²) in [5, 5.41) is 4.34. The first kappa shape index (κ1) is 13.9. The maximum atomic E-state index is 12.6. The standard InChI is InChI=1S/C13H12ClF3N2/c1-2-12(10-5-3-4-6-11(10)14)19-8-9(7-18-19)13(15,16)17/h3-8,12H,2H2,1H3/t12-/m0/s1. The highest BCUT2D eigenvalue weighted by atomic mass is 35.5. The molecular formula is C13H12ClF3N2. The van der Waals surface area contributed by atoms with Crippen LogP contribution in [0.25, 0.3) is 0 Å². The molecule has 0 aliphatic heterocycles. The van der Waals surface area contributed by atoms with Gasteiger partial charge in [-0.05, 0) is 18.1 Å². The fourth-order valence-corrected chi connectivity index (χ4v) is 2.21. The fraction of sp³-hybridized carbons (Fsp3) is 0.308. The van der Waals surface area contributed by atoms with Crippen molar-refractivity contribution < 1.29 is 13.2 Å². The van der Waals surface area contributed by atoms with Crippen molar-refractivity contribution in [2.75, 3.05) is 0 Å². The van der Waals surface area contributed by atoms with Crippen molar-refractivity contribution in [3.8, 4) is 0 Å². The van der Waals surface area contributed by atoms with E-state index in [9.17, 15) is 13.2 Å². The smallest absolute Gasteiger partial charge is 0.265 e. The lowest BCUT2D eigenvalue weighted by Gasteiger charge is -2.17. The lowest BCUT2D eigenvalue weighted by Crippen LogP contribution is -2.11. The van der Waals surface area contributed by atoms with Crippen molar-refractivity contribution in [1.82, 2.24) is 9.78 Å². The number of benzene rings is 1. The average Bonchev–Trinajstić information content (AvgIpc) is 2.82. The molecular weight excluding hydrogens is 277 g/mol. The quantitative estimate of drug-likeness (QED) is 0.810. The van der Waals surface area contributed by atoms with Crippen molar-refractivity contribution in [2.24, 2.45) is 0 Å². The molecule has 102 valence electrons. The number of nitrogens with zero attached hydrogens (tertiary/aromatic N) is 2. The number of halogens is 4. The van der Waals surface area contributed by atoms with E-state index in [2.05, 4.69) is 5.10 Å². The molecule has 0 fully saturated rings. The Bertz CT molecular complexity index is 563. The molecule has 2 nitrogen and oxygen atoms in total. The highest BCUT2D eigenvalue weighted by Gasteiger charge is 2.33. The first-order valence-electron chi connectivity index (χ1n) is 5.79. The third-order valence-corrected chi connectivity index (χ3v) is 3.24. The van der Waals surface area contributed by atoms with Gasteiger partial charge in [0.1, 0.15) is 0 Å². The van der Waals surface area contributed by atoms with Gasteiger partial charge in [0.15, 0.2) is 0 Å². The summed E-state index contributed by atoms with van der Waals surface area (Å²) in [6, 6.07) is 6.80. The molecule has 2 rings (SSSR count). The van der Waals surface area contributed by atoms with Crippen LogP contribution in [0.1, 0.15) is 30.5 Å². The second-order valence-corrected chi connectivity index (χ2v) is 4.56. The van der Waals surface area contributed by atoms with Crippen molar-refractivity contribution in [3.63, 3.8) is 0 Å². The monoisotopic (exact) mass is 288 g/mol. The topological polar surface area (TPSA) is 17.8 Å². The Morgan fingerprint density at radius 2 is 2.00 bits per heavy atom. The average molecular weight is 289 g/mol. The molecule has 0 amide bonds. The summed E-state index contributed by atoms with van der Waals surface area (Å²) in [5.41, 5.74) is 0.0153. The van der Waals surface area contributed by atoms with Gasteiger partial charge in [0, 0.05) is 11.2 Å². The first-order valence-corrected chi connectivity index (χ1v) is 6.17. The van der Waals surface area contributed by atoms with Gasteiger partial charge < -0.3 is 0 Å². The Labute approximate surface area is 113 Å². The van der Waals surface area contributed by atoms with E-state index in [1.54, 1.807) is 24.3 Å². The van der Waals surface area contributed by atoms with Crippen molar-refractivity contribution in [1.29, 1.82) is 0 Å². The SMILES string of the molecule is CC[C@@H](c1ccccc1Cl)n1cc(C(F)(F)F)cn1. The van der Waals surface area contributed by atoms with Crippen molar-refractivity contribution in [2.45, 2.75) is 25.6 Å². The molecule has 0 bridgehead atoms. The number of rotatable bonds is 3. The molecule has 1 atom stereocenters. The molecule has 0 spiro atoms. The van der Waals surface area contributed by atoms with Crippen LogP contribution in [-0.4, -0.2) is 9.78 Å². The maximum Gasteiger partial charge on any atom is 0.419 e. The van der Waals surface area contributed by atoms with Gasteiger partial charge in [-0.15, -0.1) is 0 Å². The third-order valence-electron chi connectivity index (χ3n) is 2.90. The Kier molecular flexibility index (Phi) is 3.85. The van der Waals surface area contributed by atoms with Gasteiger partial charge in [-0.2, -0.15) is 18.3 Å². The second-order valence-electron chi connectivity index (χ2n) is 4.15. The van der Waals surface area contributed by atoms with Crippen LogP contribution in [0.3, 0.4) is 0 Å². The fourth-order valence-electron chi connectivity index (χ4n) is 1.95. The van der Waals surface area contributed by atoms with E-state index >= 15 is 0 Å². The maximum absolute atomic E-state index is 12.6. The molecule has 0 saturated heterocycles. The van der Waals surface area contributed by atoms with Crippen LogP contribution in [0.2, 0.25) is 5.02 Å². The van der Waals surface area contributed by atoms with Crippen molar-refractivity contribution in [3.05, 3.63) is 52.8 Å². The summed E-state index contributed by atoms with van der Waals surface area (Å²) >= 11 is 6.08. The van der Waals surface area contributed by atoms with Crippen LogP contribution in [0.15, 0.2) is 36.7 Å².